The van der Waals surface area contributed by atoms with Crippen molar-refractivity contribution >= 4 is 14.6 Å². The second kappa shape index (κ2) is 12.4. The van der Waals surface area contributed by atoms with Gasteiger partial charge in [0.05, 0.1) is 6.61 Å². The minimum absolute atomic E-state index is 0.229. The average Bonchev–Trinajstić information content (AvgIpc) is 2.64. The minimum Gasteiger partial charge on any atom is -0.414 e. The number of hydrogen-bond acceptors (Lipinski definition) is 3. The van der Waals surface area contributed by atoms with Gasteiger partial charge in [-0.3, -0.25) is 0 Å². The molecule has 0 heterocycles. The molecule has 0 amide bonds. The molecule has 0 N–H and O–H groups in total. The van der Waals surface area contributed by atoms with Crippen molar-refractivity contribution in [1.82, 2.24) is 0 Å². The Hall–Kier alpha value is -0.973. The van der Waals surface area contributed by atoms with E-state index in [2.05, 4.69) is 32.9 Å². The zero-order valence-electron chi connectivity index (χ0n) is 15.6. The number of aldehydes is 1. The van der Waals surface area contributed by atoms with Crippen molar-refractivity contribution < 1.29 is 14.0 Å². The van der Waals surface area contributed by atoms with Crippen LogP contribution in [0.5, 0.6) is 0 Å². The molecule has 0 aromatic heterocycles. The highest BCUT2D eigenvalue weighted by Crippen LogP contribution is 2.26. The molecule has 136 valence electrons. The first-order chi connectivity index (χ1) is 11.7. The van der Waals surface area contributed by atoms with Gasteiger partial charge in [0, 0.05) is 19.1 Å². The van der Waals surface area contributed by atoms with E-state index in [1.54, 1.807) is 0 Å². The maximum atomic E-state index is 10.6. The quantitative estimate of drug-likeness (QED) is 0.258. The van der Waals surface area contributed by atoms with Crippen LogP contribution in [-0.2, 0) is 20.6 Å². The van der Waals surface area contributed by atoms with Crippen LogP contribution in [0.4, 0.5) is 0 Å². The molecule has 0 saturated heterocycles. The molecule has 1 aromatic carbocycles. The molecule has 4 heteroatoms. The second-order valence-electron chi connectivity index (χ2n) is 6.41. The van der Waals surface area contributed by atoms with Gasteiger partial charge in [0.1, 0.15) is 6.29 Å². The molecule has 24 heavy (non-hydrogen) atoms. The van der Waals surface area contributed by atoms with Crippen LogP contribution in [0.15, 0.2) is 30.3 Å². The van der Waals surface area contributed by atoms with Gasteiger partial charge < -0.3 is 14.0 Å². The van der Waals surface area contributed by atoms with E-state index in [-0.39, 0.29) is 6.10 Å². The molecule has 0 aliphatic carbocycles. The van der Waals surface area contributed by atoms with E-state index in [1.165, 1.54) is 5.56 Å². The van der Waals surface area contributed by atoms with Crippen molar-refractivity contribution in [2.45, 2.75) is 77.3 Å². The Bertz CT molecular complexity index is 424. The first-order valence-corrected chi connectivity index (χ1v) is 12.0. The molecule has 0 radical (unpaired) electrons. The van der Waals surface area contributed by atoms with Gasteiger partial charge in [0.2, 0.25) is 0 Å². The molecule has 3 nitrogen and oxygen atoms in total. The molecule has 0 fully saturated rings. The van der Waals surface area contributed by atoms with Crippen LogP contribution in [0, 0.1) is 0 Å². The number of unbranched alkanes of at least 4 members (excludes halogenated alkanes) is 1. The number of ether oxygens (including phenoxy) is 1. The summed E-state index contributed by atoms with van der Waals surface area (Å²) in [6.07, 6.45) is 4.65. The van der Waals surface area contributed by atoms with E-state index in [0.29, 0.717) is 19.6 Å². The van der Waals surface area contributed by atoms with Crippen LogP contribution < -0.4 is 0 Å². The van der Waals surface area contributed by atoms with Gasteiger partial charge in [0.25, 0.3) is 0 Å². The van der Waals surface area contributed by atoms with E-state index in [9.17, 15) is 4.79 Å². The van der Waals surface area contributed by atoms with Crippen molar-refractivity contribution in [3.8, 4) is 0 Å². The lowest BCUT2D eigenvalue weighted by atomic mass is 10.1. The topological polar surface area (TPSA) is 35.5 Å². The predicted octanol–water partition coefficient (Wildman–Crippen LogP) is 5.35. The van der Waals surface area contributed by atoms with Gasteiger partial charge in [0.15, 0.2) is 8.32 Å². The lowest BCUT2D eigenvalue weighted by Gasteiger charge is -2.33. The van der Waals surface area contributed by atoms with E-state index in [0.717, 1.165) is 43.7 Å². The van der Waals surface area contributed by atoms with Gasteiger partial charge in [-0.2, -0.15) is 0 Å². The lowest BCUT2D eigenvalue weighted by molar-refractivity contribution is -0.108. The average molecular weight is 351 g/mol. The summed E-state index contributed by atoms with van der Waals surface area (Å²) in [5, 5.41) is 0. The maximum absolute atomic E-state index is 10.6. The summed E-state index contributed by atoms with van der Waals surface area (Å²) in [7, 11) is -1.61. The van der Waals surface area contributed by atoms with Gasteiger partial charge >= 0.3 is 0 Å². The van der Waals surface area contributed by atoms with E-state index >= 15 is 0 Å². The predicted molar refractivity (Wildman–Crippen MR) is 103 cm³/mol. The molecule has 0 spiro atoms. The Morgan fingerprint density at radius 2 is 1.71 bits per heavy atom. The molecule has 1 atom stereocenters. The highest BCUT2D eigenvalue weighted by Gasteiger charge is 2.31. The fraction of sp³-hybridized carbons (Fsp3) is 0.650. The molecular weight excluding hydrogens is 316 g/mol. The van der Waals surface area contributed by atoms with Crippen LogP contribution >= 0.6 is 0 Å². The number of carbonyl (C=O) groups excluding carboxylic acids is 1. The van der Waals surface area contributed by atoms with Crippen LogP contribution in [0.2, 0.25) is 18.1 Å². The van der Waals surface area contributed by atoms with Crippen molar-refractivity contribution in [3.05, 3.63) is 35.9 Å². The van der Waals surface area contributed by atoms with Gasteiger partial charge in [-0.15, -0.1) is 0 Å². The van der Waals surface area contributed by atoms with Crippen LogP contribution in [-0.4, -0.2) is 27.3 Å². The summed E-state index contributed by atoms with van der Waals surface area (Å²) < 4.78 is 12.5. The fourth-order valence-electron chi connectivity index (χ4n) is 3.02. The van der Waals surface area contributed by atoms with Gasteiger partial charge in [-0.25, -0.2) is 0 Å². The monoisotopic (exact) mass is 350 g/mol. The summed E-state index contributed by atoms with van der Waals surface area (Å²) >= 11 is 0. The van der Waals surface area contributed by atoms with Crippen LogP contribution in [0.3, 0.4) is 0 Å². The Morgan fingerprint density at radius 3 is 2.29 bits per heavy atom. The standard InChI is InChI=1S/C20H34O3Si/c1-4-24(5-2,6-3)23-20(14-10-11-16-21)15-17-22-18-19-12-8-7-9-13-19/h7-9,12-13,16,20H,4-6,10-11,14-15,17-18H2,1-3H3. The normalized spacial score (nSPS) is 13.0. The number of carbonyl (C=O) groups is 1. The molecule has 0 bridgehead atoms. The number of rotatable bonds is 14. The highest BCUT2D eigenvalue weighted by atomic mass is 28.4. The van der Waals surface area contributed by atoms with Crippen molar-refractivity contribution in [3.63, 3.8) is 0 Å². The zero-order chi connectivity index (χ0) is 17.7. The van der Waals surface area contributed by atoms with Crippen molar-refractivity contribution in [2.24, 2.45) is 0 Å². The van der Waals surface area contributed by atoms with E-state index < -0.39 is 8.32 Å². The Labute approximate surface area is 148 Å². The maximum Gasteiger partial charge on any atom is 0.192 e. The summed E-state index contributed by atoms with van der Waals surface area (Å²) in [6, 6.07) is 13.7. The van der Waals surface area contributed by atoms with E-state index in [4.69, 9.17) is 9.16 Å². The zero-order valence-corrected chi connectivity index (χ0v) is 16.6. The molecule has 1 aromatic rings. The highest BCUT2D eigenvalue weighted by molar-refractivity contribution is 6.73. The third-order valence-electron chi connectivity index (χ3n) is 4.89. The third kappa shape index (κ3) is 7.73. The summed E-state index contributed by atoms with van der Waals surface area (Å²) in [6.45, 7) is 8.14. The summed E-state index contributed by atoms with van der Waals surface area (Å²) in [4.78, 5) is 10.6. The first-order valence-electron chi connectivity index (χ1n) is 9.42. The molecular formula is C20H34O3Si. The molecule has 1 unspecified atom stereocenters. The molecule has 0 aliphatic heterocycles. The second-order valence-corrected chi connectivity index (χ2v) is 11.1. The van der Waals surface area contributed by atoms with Gasteiger partial charge in [-0.05, 0) is 43.0 Å². The molecule has 1 rings (SSSR count). The van der Waals surface area contributed by atoms with Crippen molar-refractivity contribution in [1.29, 1.82) is 0 Å². The lowest BCUT2D eigenvalue weighted by Crippen LogP contribution is -2.40. The van der Waals surface area contributed by atoms with Crippen molar-refractivity contribution in [2.75, 3.05) is 6.61 Å². The van der Waals surface area contributed by atoms with Crippen LogP contribution in [0.1, 0.15) is 52.0 Å². The number of hydrogen-bond donors (Lipinski definition) is 0. The molecule has 0 saturated carbocycles. The molecule has 0 aliphatic rings. The summed E-state index contributed by atoms with van der Waals surface area (Å²) in [5.74, 6) is 0. The number of benzene rings is 1. The third-order valence-corrected chi connectivity index (χ3v) is 9.59. The Morgan fingerprint density at radius 1 is 1.04 bits per heavy atom. The summed E-state index contributed by atoms with van der Waals surface area (Å²) in [5.41, 5.74) is 1.20. The largest absolute Gasteiger partial charge is 0.414 e. The van der Waals surface area contributed by atoms with Gasteiger partial charge in [-0.1, -0.05) is 51.1 Å². The fourth-order valence-corrected chi connectivity index (χ4v) is 5.97. The Balaban J connectivity index is 2.47. The Kier molecular flexibility index (Phi) is 10.9. The van der Waals surface area contributed by atoms with Crippen LogP contribution in [0.25, 0.3) is 0 Å². The smallest absolute Gasteiger partial charge is 0.192 e. The SMILES string of the molecule is CC[Si](CC)(CC)OC(CCCC=O)CCOCc1ccccc1. The first kappa shape index (κ1) is 21.1. The minimum atomic E-state index is -1.61. The van der Waals surface area contributed by atoms with E-state index in [1.807, 2.05) is 18.2 Å².